The number of hydrogen-bond acceptors (Lipinski definition) is 5. The number of ether oxygens (including phenoxy) is 1. The Bertz CT molecular complexity index is 2520. The predicted molar refractivity (Wildman–Crippen MR) is 247 cm³/mol. The van der Waals surface area contributed by atoms with E-state index in [0.717, 1.165) is 86.5 Å². The zero-order valence-corrected chi connectivity index (χ0v) is 37.9. The van der Waals surface area contributed by atoms with Crippen molar-refractivity contribution >= 4 is 36.0 Å². The van der Waals surface area contributed by atoms with Crippen LogP contribution in [-0.4, -0.2) is 24.1 Å². The molecule has 1 radical (unpaired) electrons. The fourth-order valence-electron chi connectivity index (χ4n) is 8.24. The molecule has 61 heavy (non-hydrogen) atoms. The van der Waals surface area contributed by atoms with Crippen LogP contribution < -0.4 is 9.05 Å². The number of fused-ring (bicyclic) bond motifs is 7. The van der Waals surface area contributed by atoms with E-state index in [1.807, 2.05) is 30.3 Å². The Balaban J connectivity index is 0.000000515. The molecule has 0 fully saturated rings. The monoisotopic (exact) mass is 999 g/mol. The minimum absolute atomic E-state index is 0. The number of aliphatic imine (C=N–C) groups is 1. The summed E-state index contributed by atoms with van der Waals surface area (Å²) in [5.74, 6) is 2.12. The van der Waals surface area contributed by atoms with Crippen molar-refractivity contribution in [1.82, 2.24) is 0 Å². The van der Waals surface area contributed by atoms with E-state index in [2.05, 4.69) is 159 Å². The molecule has 3 aliphatic rings. The summed E-state index contributed by atoms with van der Waals surface area (Å²) >= 11 is 0. The van der Waals surface area contributed by atoms with Crippen LogP contribution in [-0.2, 0) is 42.2 Å². The largest absolute Gasteiger partial charge is 0.500 e. The molecular formula is C54H49IrNO4P-. The number of allylic oxidation sites excluding steroid dienone is 4. The van der Waals surface area contributed by atoms with Gasteiger partial charge in [0.1, 0.15) is 12.6 Å². The predicted octanol–water partition coefficient (Wildman–Crippen LogP) is 13.4. The molecule has 2 aliphatic heterocycles. The Morgan fingerprint density at radius 2 is 1.10 bits per heavy atom. The summed E-state index contributed by atoms with van der Waals surface area (Å²) in [6.07, 6.45) is 16.2. The first kappa shape index (κ1) is 42.3. The third-order valence-electron chi connectivity index (χ3n) is 11.4. The topological polar surface area (TPSA) is 49.3 Å². The summed E-state index contributed by atoms with van der Waals surface area (Å²) in [6, 6.07) is 52.5. The Morgan fingerprint density at radius 3 is 1.62 bits per heavy atom. The average molecular weight is 999 g/mol. The summed E-state index contributed by atoms with van der Waals surface area (Å²) in [6.45, 7) is 4.60. The van der Waals surface area contributed by atoms with E-state index in [9.17, 15) is 0 Å². The Kier molecular flexibility index (Phi) is 13.6. The van der Waals surface area contributed by atoms with Gasteiger partial charge in [-0.3, -0.25) is 21.2 Å². The van der Waals surface area contributed by atoms with Crippen LogP contribution in [0.5, 0.6) is 11.5 Å². The van der Waals surface area contributed by atoms with Crippen molar-refractivity contribution < 1.29 is 38.4 Å². The number of benzene rings is 7. The molecule has 0 saturated heterocycles. The molecular weight excluding hydrogens is 950 g/mol. The van der Waals surface area contributed by atoms with Gasteiger partial charge in [0.25, 0.3) is 0 Å². The molecule has 0 amide bonds. The zero-order valence-electron chi connectivity index (χ0n) is 34.5. The van der Waals surface area contributed by atoms with Crippen molar-refractivity contribution in [3.63, 3.8) is 0 Å². The molecule has 0 N–H and O–H groups in total. The van der Waals surface area contributed by atoms with Gasteiger partial charge in [-0.25, -0.2) is 4.99 Å². The Labute approximate surface area is 374 Å². The second kappa shape index (κ2) is 19.6. The van der Waals surface area contributed by atoms with Crippen LogP contribution in [0.15, 0.2) is 169 Å². The van der Waals surface area contributed by atoms with Crippen molar-refractivity contribution in [3.05, 3.63) is 204 Å². The zero-order chi connectivity index (χ0) is 40.7. The molecule has 5 nitrogen and oxygen atoms in total. The number of nitrogens with zero attached hydrogens (tertiary/aromatic N) is 1. The molecule has 0 spiro atoms. The fraction of sp³-hybridized carbons (Fsp3) is 0.204. The maximum Gasteiger partial charge on any atom is 0.486 e. The average Bonchev–Trinajstić information content (AvgIpc) is 3.71. The second-order valence-corrected chi connectivity index (χ2v) is 16.9. The van der Waals surface area contributed by atoms with Gasteiger partial charge in [-0.15, -0.1) is 0 Å². The van der Waals surface area contributed by atoms with Crippen LogP contribution in [0, 0.1) is 26.0 Å². The minimum atomic E-state index is -2.50. The number of rotatable bonds is 8. The molecule has 7 aromatic rings. The van der Waals surface area contributed by atoms with Crippen molar-refractivity contribution in [3.8, 4) is 22.6 Å². The molecule has 0 unspecified atom stereocenters. The van der Waals surface area contributed by atoms with Crippen molar-refractivity contribution in [2.75, 3.05) is 6.61 Å². The summed E-state index contributed by atoms with van der Waals surface area (Å²) in [4.78, 5) is 5.29. The molecule has 0 bridgehead atoms. The summed E-state index contributed by atoms with van der Waals surface area (Å²) in [7, 11) is -2.50. The first-order valence-corrected chi connectivity index (χ1v) is 22.2. The van der Waals surface area contributed by atoms with E-state index in [0.29, 0.717) is 25.3 Å². The number of aryl methyl sites for hydroxylation is 2. The first-order valence-electron chi connectivity index (χ1n) is 20.9. The van der Waals surface area contributed by atoms with Gasteiger partial charge in [0.2, 0.25) is 5.90 Å². The number of hydrogen-bond donors (Lipinski definition) is 0. The first-order chi connectivity index (χ1) is 29.5. The van der Waals surface area contributed by atoms with E-state index >= 15 is 0 Å². The molecule has 10 rings (SSSR count). The quantitative estimate of drug-likeness (QED) is 0.112. The summed E-state index contributed by atoms with van der Waals surface area (Å²) < 4.78 is 27.9. The van der Waals surface area contributed by atoms with Crippen LogP contribution >= 0.6 is 8.60 Å². The summed E-state index contributed by atoms with van der Waals surface area (Å²) in [5, 5.41) is 4.49. The van der Waals surface area contributed by atoms with Gasteiger partial charge in [0.15, 0.2) is 17.1 Å². The minimum Gasteiger partial charge on any atom is -0.500 e. The van der Waals surface area contributed by atoms with Crippen molar-refractivity contribution in [2.45, 2.75) is 64.0 Å². The maximum atomic E-state index is 7.50. The Morgan fingerprint density at radius 1 is 0.607 bits per heavy atom. The Hall–Kier alpha value is -5.35. The van der Waals surface area contributed by atoms with E-state index in [1.165, 1.54) is 11.1 Å². The molecule has 1 atom stereocenters. The smallest absolute Gasteiger partial charge is 0.486 e. The molecule has 7 heteroatoms. The SMILES string of the molecule is Cc1ccc(CC(Cc2ccc(C)cc2)(O[PH+]2Oc3ccc4ccccc4c3-c3c(ccc4ccccc34)O2)[C@H]2COC(c3ccccc3)=N2)cc1.[C-]1=CCC[C-]=CCC1.[Ir]. The summed E-state index contributed by atoms with van der Waals surface area (Å²) in [5.41, 5.74) is 6.81. The molecule has 1 aliphatic carbocycles. The molecule has 7 aromatic carbocycles. The van der Waals surface area contributed by atoms with Crippen LogP contribution in [0.3, 0.4) is 0 Å². The van der Waals surface area contributed by atoms with Gasteiger partial charge in [0.05, 0.1) is 0 Å². The van der Waals surface area contributed by atoms with Crippen LogP contribution in [0.2, 0.25) is 0 Å². The van der Waals surface area contributed by atoms with Gasteiger partial charge in [-0.2, -0.15) is 17.4 Å². The fourth-order valence-corrected chi connectivity index (χ4v) is 9.68. The van der Waals surface area contributed by atoms with Crippen molar-refractivity contribution in [1.29, 1.82) is 0 Å². The van der Waals surface area contributed by atoms with E-state index in [-0.39, 0.29) is 26.1 Å². The maximum absolute atomic E-state index is 7.50. The second-order valence-electron chi connectivity index (χ2n) is 15.8. The van der Waals surface area contributed by atoms with Gasteiger partial charge in [-0.1, -0.05) is 151 Å². The van der Waals surface area contributed by atoms with E-state index < -0.39 is 14.2 Å². The standard InChI is InChI=1S/C46H39NO4P.C8H10.Ir/c1-31-16-20-33(21-17-31)28-46(29-34-22-18-32(2)19-23-34,42-30-48-45(47-42)37-12-4-3-5-13-37)51-52-49-40-26-24-35-10-6-8-14-38(35)43(40)44-39-15-9-7-11-36(39)25-27-41(44)50-52;1-2-4-6-8-7-5-3-1;/h3-27,42,52H,28-30H2,1-2H3;1,8H,2,4-5,7H2;/q+1;-2;/t42-;;/m1../s1. The van der Waals surface area contributed by atoms with Gasteiger partial charge >= 0.3 is 8.60 Å². The molecule has 2 heterocycles. The van der Waals surface area contributed by atoms with E-state index in [1.54, 1.807) is 0 Å². The van der Waals surface area contributed by atoms with Crippen LogP contribution in [0.1, 0.15) is 53.5 Å². The van der Waals surface area contributed by atoms with Crippen LogP contribution in [0.4, 0.5) is 0 Å². The van der Waals surface area contributed by atoms with Gasteiger partial charge in [-0.05, 0) is 70.8 Å². The molecule has 0 saturated carbocycles. The van der Waals surface area contributed by atoms with Gasteiger partial charge in [0, 0.05) is 49.6 Å². The normalized spacial score (nSPS) is 15.9. The van der Waals surface area contributed by atoms with Crippen LogP contribution in [0.25, 0.3) is 32.7 Å². The molecule has 309 valence electrons. The van der Waals surface area contributed by atoms with Crippen molar-refractivity contribution in [2.24, 2.45) is 4.99 Å². The third-order valence-corrected chi connectivity index (χ3v) is 12.7. The van der Waals surface area contributed by atoms with E-state index in [4.69, 9.17) is 23.3 Å². The molecule has 0 aromatic heterocycles. The van der Waals surface area contributed by atoms with Gasteiger partial charge < -0.3 is 16.9 Å². The third kappa shape index (κ3) is 9.75.